The van der Waals surface area contributed by atoms with Gasteiger partial charge in [-0.05, 0) is 44.7 Å². The summed E-state index contributed by atoms with van der Waals surface area (Å²) in [5, 5.41) is 3.31. The van der Waals surface area contributed by atoms with Crippen molar-refractivity contribution in [3.8, 4) is 0 Å². The Labute approximate surface area is 129 Å². The molecule has 1 unspecified atom stereocenters. The van der Waals surface area contributed by atoms with Crippen molar-refractivity contribution in [1.29, 1.82) is 0 Å². The number of amides is 1. The lowest BCUT2D eigenvalue weighted by Crippen LogP contribution is -2.40. The van der Waals surface area contributed by atoms with Gasteiger partial charge >= 0.3 is 0 Å². The van der Waals surface area contributed by atoms with Gasteiger partial charge in [-0.3, -0.25) is 4.79 Å². The molecule has 0 aromatic rings. The highest BCUT2D eigenvalue weighted by atomic mass is 35.5. The summed E-state index contributed by atoms with van der Waals surface area (Å²) in [6.07, 6.45) is 4.38. The Morgan fingerprint density at radius 3 is 2.65 bits per heavy atom. The van der Waals surface area contributed by atoms with Gasteiger partial charge in [-0.25, -0.2) is 0 Å². The van der Waals surface area contributed by atoms with Crippen molar-refractivity contribution < 1.29 is 9.53 Å². The van der Waals surface area contributed by atoms with Crippen LogP contribution in [0.1, 0.15) is 39.5 Å². The molecule has 1 atom stereocenters. The lowest BCUT2D eigenvalue weighted by Gasteiger charge is -2.26. The van der Waals surface area contributed by atoms with Crippen molar-refractivity contribution >= 4 is 18.3 Å². The third kappa shape index (κ3) is 5.23. The topological polar surface area (TPSA) is 41.6 Å². The molecule has 0 radical (unpaired) electrons. The fraction of sp³-hybridized carbons (Fsp3) is 0.933. The smallest absolute Gasteiger partial charge is 0.225 e. The summed E-state index contributed by atoms with van der Waals surface area (Å²) < 4.78 is 5.88. The first kappa shape index (κ1) is 17.7. The molecular weight excluding hydrogens is 276 g/mol. The number of hydrogen-bond donors (Lipinski definition) is 1. The predicted molar refractivity (Wildman–Crippen MR) is 83.2 cm³/mol. The van der Waals surface area contributed by atoms with Gasteiger partial charge in [0, 0.05) is 25.6 Å². The third-order valence-corrected chi connectivity index (χ3v) is 4.19. The minimum atomic E-state index is 0. The van der Waals surface area contributed by atoms with Crippen LogP contribution in [0.5, 0.6) is 0 Å². The first-order valence-electron chi connectivity index (χ1n) is 7.78. The quantitative estimate of drug-likeness (QED) is 0.845. The van der Waals surface area contributed by atoms with Gasteiger partial charge in [0.2, 0.25) is 5.91 Å². The summed E-state index contributed by atoms with van der Waals surface area (Å²) in [5.74, 6) is 1.29. The van der Waals surface area contributed by atoms with E-state index >= 15 is 0 Å². The van der Waals surface area contributed by atoms with Gasteiger partial charge in [0.1, 0.15) is 0 Å². The molecule has 0 saturated carbocycles. The van der Waals surface area contributed by atoms with Gasteiger partial charge in [-0.2, -0.15) is 0 Å². The summed E-state index contributed by atoms with van der Waals surface area (Å²) >= 11 is 0. The van der Waals surface area contributed by atoms with Crippen LogP contribution in [0.2, 0.25) is 0 Å². The van der Waals surface area contributed by atoms with E-state index in [-0.39, 0.29) is 24.4 Å². The Morgan fingerprint density at radius 1 is 1.30 bits per heavy atom. The maximum atomic E-state index is 12.4. The van der Waals surface area contributed by atoms with Crippen LogP contribution in [0.25, 0.3) is 0 Å². The number of piperidine rings is 1. The molecule has 0 aromatic heterocycles. The number of hydrogen-bond acceptors (Lipinski definition) is 3. The van der Waals surface area contributed by atoms with E-state index in [0.29, 0.717) is 11.8 Å². The van der Waals surface area contributed by atoms with Crippen molar-refractivity contribution in [3.05, 3.63) is 0 Å². The maximum Gasteiger partial charge on any atom is 0.225 e. The minimum Gasteiger partial charge on any atom is -0.376 e. The summed E-state index contributed by atoms with van der Waals surface area (Å²) in [6, 6.07) is 0. The third-order valence-electron chi connectivity index (χ3n) is 4.19. The standard InChI is InChI=1S/C15H28N2O2.ClH/c1-12(2)6-10-19-14-5-9-17(11-14)15(18)13-3-7-16-8-4-13;/h12-14,16H,3-11H2,1-2H3;1H. The molecule has 118 valence electrons. The van der Waals surface area contributed by atoms with E-state index < -0.39 is 0 Å². The second-order valence-electron chi connectivity index (χ2n) is 6.27. The predicted octanol–water partition coefficient (Wildman–Crippen LogP) is 2.07. The minimum absolute atomic E-state index is 0. The number of rotatable bonds is 5. The van der Waals surface area contributed by atoms with Gasteiger partial charge < -0.3 is 15.0 Å². The molecule has 2 aliphatic rings. The van der Waals surface area contributed by atoms with Crippen LogP contribution in [0.3, 0.4) is 0 Å². The second kappa shape index (κ2) is 8.85. The van der Waals surface area contributed by atoms with Crippen LogP contribution in [-0.4, -0.2) is 49.7 Å². The lowest BCUT2D eigenvalue weighted by molar-refractivity contribution is -0.135. The molecule has 5 heteroatoms. The number of carbonyl (C=O) groups is 1. The van der Waals surface area contributed by atoms with E-state index in [2.05, 4.69) is 19.2 Å². The fourth-order valence-corrected chi connectivity index (χ4v) is 2.86. The van der Waals surface area contributed by atoms with Crippen molar-refractivity contribution in [1.82, 2.24) is 10.2 Å². The molecule has 4 nitrogen and oxygen atoms in total. The highest BCUT2D eigenvalue weighted by molar-refractivity contribution is 5.85. The molecule has 0 spiro atoms. The molecular formula is C15H29ClN2O2. The Morgan fingerprint density at radius 2 is 2.00 bits per heavy atom. The Hall–Kier alpha value is -0.320. The van der Waals surface area contributed by atoms with E-state index in [9.17, 15) is 4.79 Å². The first-order chi connectivity index (χ1) is 9.16. The zero-order valence-electron chi connectivity index (χ0n) is 12.8. The van der Waals surface area contributed by atoms with Crippen molar-refractivity contribution in [3.63, 3.8) is 0 Å². The zero-order chi connectivity index (χ0) is 13.7. The number of nitrogens with one attached hydrogen (secondary N) is 1. The SMILES string of the molecule is CC(C)CCOC1CCN(C(=O)C2CCNCC2)C1.Cl. The fourth-order valence-electron chi connectivity index (χ4n) is 2.86. The molecule has 20 heavy (non-hydrogen) atoms. The molecule has 2 aliphatic heterocycles. The molecule has 2 fully saturated rings. The largest absolute Gasteiger partial charge is 0.376 e. The lowest BCUT2D eigenvalue weighted by atomic mass is 9.97. The van der Waals surface area contributed by atoms with Gasteiger partial charge in [0.05, 0.1) is 6.10 Å². The molecule has 1 amide bonds. The van der Waals surface area contributed by atoms with Crippen LogP contribution in [0, 0.1) is 11.8 Å². The number of carbonyl (C=O) groups excluding carboxylic acids is 1. The van der Waals surface area contributed by atoms with E-state index in [1.54, 1.807) is 0 Å². The molecule has 0 aromatic carbocycles. The van der Waals surface area contributed by atoms with Crippen LogP contribution in [-0.2, 0) is 9.53 Å². The van der Waals surface area contributed by atoms with Crippen LogP contribution in [0.4, 0.5) is 0 Å². The second-order valence-corrected chi connectivity index (χ2v) is 6.27. The Balaban J connectivity index is 0.00000200. The average molecular weight is 305 g/mol. The number of likely N-dealkylation sites (tertiary alicyclic amines) is 1. The van der Waals surface area contributed by atoms with E-state index in [0.717, 1.165) is 58.5 Å². The molecule has 2 heterocycles. The number of halogens is 1. The van der Waals surface area contributed by atoms with E-state index in [1.165, 1.54) is 0 Å². The van der Waals surface area contributed by atoms with Gasteiger partial charge in [-0.1, -0.05) is 13.8 Å². The van der Waals surface area contributed by atoms with Crippen molar-refractivity contribution in [2.75, 3.05) is 32.8 Å². The molecule has 1 N–H and O–H groups in total. The van der Waals surface area contributed by atoms with Gasteiger partial charge in [-0.15, -0.1) is 12.4 Å². The molecule has 0 bridgehead atoms. The normalized spacial score (nSPS) is 23.9. The Kier molecular flexibility index (Phi) is 7.85. The van der Waals surface area contributed by atoms with Crippen LogP contribution >= 0.6 is 12.4 Å². The van der Waals surface area contributed by atoms with Crippen molar-refractivity contribution in [2.45, 2.75) is 45.6 Å². The maximum absolute atomic E-state index is 12.4. The number of nitrogens with zero attached hydrogens (tertiary/aromatic N) is 1. The van der Waals surface area contributed by atoms with Crippen molar-refractivity contribution in [2.24, 2.45) is 11.8 Å². The highest BCUT2D eigenvalue weighted by Gasteiger charge is 2.31. The number of ether oxygens (including phenoxy) is 1. The molecule has 2 saturated heterocycles. The van der Waals surface area contributed by atoms with Gasteiger partial charge in [0.15, 0.2) is 0 Å². The summed E-state index contributed by atoms with van der Waals surface area (Å²) in [5.41, 5.74) is 0. The first-order valence-corrected chi connectivity index (χ1v) is 7.78. The zero-order valence-corrected chi connectivity index (χ0v) is 13.6. The van der Waals surface area contributed by atoms with Crippen LogP contribution < -0.4 is 5.32 Å². The van der Waals surface area contributed by atoms with E-state index in [1.807, 2.05) is 4.90 Å². The average Bonchev–Trinajstić information content (AvgIpc) is 2.87. The van der Waals surface area contributed by atoms with Gasteiger partial charge in [0.25, 0.3) is 0 Å². The summed E-state index contributed by atoms with van der Waals surface area (Å²) in [6.45, 7) is 8.92. The Bertz CT molecular complexity index is 294. The monoisotopic (exact) mass is 304 g/mol. The molecule has 0 aliphatic carbocycles. The summed E-state index contributed by atoms with van der Waals surface area (Å²) in [4.78, 5) is 14.4. The summed E-state index contributed by atoms with van der Waals surface area (Å²) in [7, 11) is 0. The van der Waals surface area contributed by atoms with Crippen LogP contribution in [0.15, 0.2) is 0 Å². The van der Waals surface area contributed by atoms with E-state index in [4.69, 9.17) is 4.74 Å². The highest BCUT2D eigenvalue weighted by Crippen LogP contribution is 2.20. The molecule has 2 rings (SSSR count).